The van der Waals surface area contributed by atoms with Crippen LogP contribution in [0.25, 0.3) is 11.1 Å². The van der Waals surface area contributed by atoms with Gasteiger partial charge in [-0.3, -0.25) is 0 Å². The van der Waals surface area contributed by atoms with Crippen LogP contribution < -0.4 is 0 Å². The van der Waals surface area contributed by atoms with Crippen molar-refractivity contribution in [2.24, 2.45) is 0 Å². The van der Waals surface area contributed by atoms with E-state index < -0.39 is 88.4 Å². The van der Waals surface area contributed by atoms with Crippen molar-refractivity contribution in [2.45, 2.75) is 31.5 Å². The molecule has 11 heteroatoms. The summed E-state index contributed by atoms with van der Waals surface area (Å²) in [5.74, 6) is -25.3. The number of rotatable bonds is 6. The minimum absolute atomic E-state index is 0.0211. The Bertz CT molecular complexity index is 1600. The van der Waals surface area contributed by atoms with Crippen LogP contribution in [0.15, 0.2) is 54.6 Å². The third-order valence-electron chi connectivity index (χ3n) is 7.18. The van der Waals surface area contributed by atoms with Gasteiger partial charge in [0.2, 0.25) is 11.6 Å². The van der Waals surface area contributed by atoms with Crippen molar-refractivity contribution in [1.29, 1.82) is 0 Å². The zero-order valence-electron chi connectivity index (χ0n) is 21.8. The van der Waals surface area contributed by atoms with Gasteiger partial charge < -0.3 is 9.47 Å². The number of ether oxygens (including phenoxy) is 2. The minimum Gasteiger partial charge on any atom is -0.341 e. The van der Waals surface area contributed by atoms with Crippen LogP contribution in [-0.4, -0.2) is 13.2 Å². The Morgan fingerprint density at radius 2 is 1.10 bits per heavy atom. The Balaban J connectivity index is 1.52. The van der Waals surface area contributed by atoms with Crippen LogP contribution in [0.1, 0.15) is 41.5 Å². The molecule has 1 saturated heterocycles. The minimum atomic E-state index is -3.36. The maximum absolute atomic E-state index is 15.0. The number of aryl methyl sites for hydroxylation is 1. The van der Waals surface area contributed by atoms with Gasteiger partial charge >= 0.3 is 0 Å². The van der Waals surface area contributed by atoms with Gasteiger partial charge in [-0.1, -0.05) is 61.9 Å². The molecule has 0 unspecified atom stereocenters. The van der Waals surface area contributed by atoms with Crippen LogP contribution in [-0.2, 0) is 21.7 Å². The summed E-state index contributed by atoms with van der Waals surface area (Å²) in [5, 5.41) is 0. The lowest BCUT2D eigenvalue weighted by atomic mass is 9.91. The molecular weight excluding hydrogens is 575 g/mol. The van der Waals surface area contributed by atoms with E-state index in [0.717, 1.165) is 24.0 Å². The molecule has 2 nitrogen and oxygen atoms in total. The van der Waals surface area contributed by atoms with Crippen molar-refractivity contribution in [3.63, 3.8) is 0 Å². The van der Waals surface area contributed by atoms with Gasteiger partial charge in [0, 0.05) is 5.92 Å². The van der Waals surface area contributed by atoms with Gasteiger partial charge in [-0.15, -0.1) is 0 Å². The van der Waals surface area contributed by atoms with E-state index in [-0.39, 0.29) is 6.07 Å². The SMILES string of the molecule is CCCc1ccc(-c2ccc(C3COC(c4cc(F)c(F)c(F)c4F)(c4c(F)c(F)c(F)c(F)c4F)OC3)cc2)cc1. The standard InChI is InChI=1S/C31H21F9O2/c1-2-3-15-4-6-16(7-5-15)17-8-10-18(11-9-17)19-13-41-31(42-14-19,20-12-21(32)24(34)27(37)23(20)33)22-25(35)28(38)30(40)29(39)26(22)36/h4-12,19H,2-3,13-14H2,1H3. The summed E-state index contributed by atoms with van der Waals surface area (Å²) in [6, 6.07) is 14.9. The van der Waals surface area contributed by atoms with E-state index in [1.807, 2.05) is 24.3 Å². The molecule has 1 fully saturated rings. The second-order valence-corrected chi connectivity index (χ2v) is 9.80. The Morgan fingerprint density at radius 1 is 0.619 bits per heavy atom. The molecule has 220 valence electrons. The molecule has 1 aliphatic rings. The lowest BCUT2D eigenvalue weighted by Crippen LogP contribution is -2.45. The summed E-state index contributed by atoms with van der Waals surface area (Å²) in [4.78, 5) is 0. The Kier molecular flexibility index (Phi) is 8.08. The molecule has 4 aromatic carbocycles. The van der Waals surface area contributed by atoms with Gasteiger partial charge in [0.25, 0.3) is 0 Å². The van der Waals surface area contributed by atoms with Crippen LogP contribution in [0.5, 0.6) is 0 Å². The van der Waals surface area contributed by atoms with E-state index in [0.29, 0.717) is 5.56 Å². The van der Waals surface area contributed by atoms with Crippen molar-refractivity contribution in [3.8, 4) is 11.1 Å². The first kappa shape index (κ1) is 29.7. The predicted octanol–water partition coefficient (Wildman–Crippen LogP) is 8.59. The Morgan fingerprint density at radius 3 is 1.62 bits per heavy atom. The number of hydrogen-bond acceptors (Lipinski definition) is 2. The highest BCUT2D eigenvalue weighted by Crippen LogP contribution is 2.46. The first-order valence-corrected chi connectivity index (χ1v) is 12.8. The molecule has 1 aliphatic heterocycles. The fraction of sp³-hybridized carbons (Fsp3) is 0.226. The number of benzene rings is 4. The molecule has 5 rings (SSSR count). The van der Waals surface area contributed by atoms with Crippen molar-refractivity contribution >= 4 is 0 Å². The summed E-state index contributed by atoms with van der Waals surface area (Å²) in [6.07, 6.45) is 1.94. The van der Waals surface area contributed by atoms with Crippen molar-refractivity contribution in [2.75, 3.05) is 13.2 Å². The average Bonchev–Trinajstić information content (AvgIpc) is 3.01. The Labute approximate surface area is 234 Å². The smallest absolute Gasteiger partial charge is 0.231 e. The van der Waals surface area contributed by atoms with Gasteiger partial charge in [-0.05, 0) is 34.7 Å². The largest absolute Gasteiger partial charge is 0.341 e. The van der Waals surface area contributed by atoms with Gasteiger partial charge in [0.1, 0.15) is 0 Å². The fourth-order valence-electron chi connectivity index (χ4n) is 4.96. The third kappa shape index (κ3) is 4.94. The number of halogens is 9. The zero-order chi connectivity index (χ0) is 30.3. The molecule has 0 aliphatic carbocycles. The summed E-state index contributed by atoms with van der Waals surface area (Å²) in [5.41, 5.74) is 0.229. The van der Waals surface area contributed by atoms with Gasteiger partial charge in [0.05, 0.1) is 24.3 Å². The van der Waals surface area contributed by atoms with Crippen LogP contribution in [0.3, 0.4) is 0 Å². The van der Waals surface area contributed by atoms with E-state index in [1.54, 1.807) is 24.3 Å². The van der Waals surface area contributed by atoms with E-state index in [2.05, 4.69) is 6.92 Å². The van der Waals surface area contributed by atoms with Crippen LogP contribution in [0.4, 0.5) is 39.5 Å². The summed E-state index contributed by atoms with van der Waals surface area (Å²) in [6.45, 7) is 0.917. The molecule has 0 saturated carbocycles. The monoisotopic (exact) mass is 596 g/mol. The quantitative estimate of drug-likeness (QED) is 0.126. The van der Waals surface area contributed by atoms with E-state index in [4.69, 9.17) is 9.47 Å². The van der Waals surface area contributed by atoms with Crippen LogP contribution >= 0.6 is 0 Å². The second kappa shape index (κ2) is 11.4. The van der Waals surface area contributed by atoms with Crippen molar-refractivity contribution in [3.05, 3.63) is 129 Å². The average molecular weight is 596 g/mol. The fourth-order valence-corrected chi connectivity index (χ4v) is 4.96. The normalized spacial score (nSPS) is 18.9. The molecule has 0 radical (unpaired) electrons. The molecule has 0 aromatic heterocycles. The molecule has 1 heterocycles. The van der Waals surface area contributed by atoms with E-state index in [9.17, 15) is 39.5 Å². The molecule has 4 aromatic rings. The van der Waals surface area contributed by atoms with Gasteiger partial charge in [-0.2, -0.15) is 0 Å². The van der Waals surface area contributed by atoms with E-state index in [1.165, 1.54) is 5.56 Å². The molecule has 0 atom stereocenters. The maximum atomic E-state index is 15.0. The summed E-state index contributed by atoms with van der Waals surface area (Å²) in [7, 11) is 0. The molecule has 0 amide bonds. The lowest BCUT2D eigenvalue weighted by Gasteiger charge is -2.41. The summed E-state index contributed by atoms with van der Waals surface area (Å²) >= 11 is 0. The molecule has 0 N–H and O–H groups in total. The van der Waals surface area contributed by atoms with Gasteiger partial charge in [0.15, 0.2) is 46.5 Å². The second-order valence-electron chi connectivity index (χ2n) is 9.80. The summed E-state index contributed by atoms with van der Waals surface area (Å²) < 4.78 is 140. The van der Waals surface area contributed by atoms with Crippen molar-refractivity contribution in [1.82, 2.24) is 0 Å². The topological polar surface area (TPSA) is 18.5 Å². The highest BCUT2D eigenvalue weighted by Gasteiger charge is 2.51. The Hall–Kier alpha value is -3.83. The molecule has 42 heavy (non-hydrogen) atoms. The molecule has 0 spiro atoms. The van der Waals surface area contributed by atoms with Crippen molar-refractivity contribution < 1.29 is 49.0 Å². The first-order valence-electron chi connectivity index (χ1n) is 12.8. The lowest BCUT2D eigenvalue weighted by molar-refractivity contribution is -0.261. The highest BCUT2D eigenvalue weighted by atomic mass is 19.2. The predicted molar refractivity (Wildman–Crippen MR) is 134 cm³/mol. The molecular formula is C31H21F9O2. The zero-order valence-corrected chi connectivity index (χ0v) is 21.8. The molecule has 0 bridgehead atoms. The van der Waals surface area contributed by atoms with E-state index >= 15 is 0 Å². The third-order valence-corrected chi connectivity index (χ3v) is 7.18. The van der Waals surface area contributed by atoms with Gasteiger partial charge in [-0.25, -0.2) is 39.5 Å². The maximum Gasteiger partial charge on any atom is 0.231 e. The highest BCUT2D eigenvalue weighted by molar-refractivity contribution is 5.64. The number of hydrogen-bond donors (Lipinski definition) is 0. The van der Waals surface area contributed by atoms with Crippen LogP contribution in [0, 0.1) is 52.4 Å². The van der Waals surface area contributed by atoms with Crippen LogP contribution in [0.2, 0.25) is 0 Å². The first-order chi connectivity index (χ1) is 20.0.